The Balaban J connectivity index is 2.12. The van der Waals surface area contributed by atoms with Gasteiger partial charge in [-0.15, -0.1) is 11.3 Å². The number of hydrogen-bond acceptors (Lipinski definition) is 3. The maximum Gasteiger partial charge on any atom is 0.261 e. The van der Waals surface area contributed by atoms with Crippen LogP contribution in [0.5, 0.6) is 0 Å². The molecule has 0 bridgehead atoms. The van der Waals surface area contributed by atoms with Crippen LogP contribution in [0.4, 0.5) is 0 Å². The Morgan fingerprint density at radius 2 is 2.25 bits per heavy atom. The van der Waals surface area contributed by atoms with Crippen molar-refractivity contribution in [1.82, 2.24) is 10.6 Å². The van der Waals surface area contributed by atoms with Crippen molar-refractivity contribution in [2.75, 3.05) is 6.54 Å². The Morgan fingerprint density at radius 3 is 2.88 bits per heavy atom. The summed E-state index contributed by atoms with van der Waals surface area (Å²) >= 11 is 1.63. The van der Waals surface area contributed by atoms with E-state index in [9.17, 15) is 4.79 Å². The number of amides is 1. The first-order valence-corrected chi connectivity index (χ1v) is 6.51. The highest BCUT2D eigenvalue weighted by Crippen LogP contribution is 2.31. The third-order valence-corrected chi connectivity index (χ3v) is 4.15. The fourth-order valence-corrected chi connectivity index (χ4v) is 3.09. The summed E-state index contributed by atoms with van der Waals surface area (Å²) in [5.74, 6) is 0.586. The summed E-state index contributed by atoms with van der Waals surface area (Å²) in [5, 5.41) is 6.28. The van der Waals surface area contributed by atoms with Crippen LogP contribution in [0.1, 0.15) is 39.5 Å². The second-order valence-corrected chi connectivity index (χ2v) is 5.77. The molecule has 16 heavy (non-hydrogen) atoms. The Kier molecular flexibility index (Phi) is 3.30. The lowest BCUT2D eigenvalue weighted by atomic mass is 10.1. The van der Waals surface area contributed by atoms with E-state index in [-0.39, 0.29) is 5.91 Å². The molecule has 0 fully saturated rings. The SMILES string of the molecule is Cc1c(C(=O)NCC(C)C)sc2c1CNC2. The van der Waals surface area contributed by atoms with Gasteiger partial charge in [0.05, 0.1) is 4.88 Å². The molecule has 1 aliphatic rings. The van der Waals surface area contributed by atoms with Gasteiger partial charge in [-0.25, -0.2) is 0 Å². The van der Waals surface area contributed by atoms with Crippen molar-refractivity contribution >= 4 is 17.2 Å². The van der Waals surface area contributed by atoms with Crippen molar-refractivity contribution in [1.29, 1.82) is 0 Å². The molecule has 0 unspecified atom stereocenters. The molecule has 0 atom stereocenters. The van der Waals surface area contributed by atoms with Gasteiger partial charge in [-0.3, -0.25) is 4.79 Å². The summed E-state index contributed by atoms with van der Waals surface area (Å²) < 4.78 is 0. The molecule has 4 heteroatoms. The third-order valence-electron chi connectivity index (χ3n) is 2.82. The predicted octanol–water partition coefficient (Wildman–Crippen LogP) is 2.05. The number of nitrogens with one attached hydrogen (secondary N) is 2. The summed E-state index contributed by atoms with van der Waals surface area (Å²) in [6.45, 7) is 8.83. The van der Waals surface area contributed by atoms with Crippen LogP contribution < -0.4 is 10.6 Å². The summed E-state index contributed by atoms with van der Waals surface area (Å²) in [4.78, 5) is 14.2. The predicted molar refractivity (Wildman–Crippen MR) is 66.8 cm³/mol. The van der Waals surface area contributed by atoms with Gasteiger partial charge in [0.2, 0.25) is 0 Å². The van der Waals surface area contributed by atoms with E-state index < -0.39 is 0 Å². The first kappa shape index (κ1) is 11.6. The number of fused-ring (bicyclic) bond motifs is 1. The van der Waals surface area contributed by atoms with Gasteiger partial charge in [0.15, 0.2) is 0 Å². The van der Waals surface area contributed by atoms with Gasteiger partial charge < -0.3 is 10.6 Å². The van der Waals surface area contributed by atoms with Crippen molar-refractivity contribution in [3.63, 3.8) is 0 Å². The van der Waals surface area contributed by atoms with E-state index in [0.717, 1.165) is 30.1 Å². The monoisotopic (exact) mass is 238 g/mol. The minimum atomic E-state index is 0.0885. The van der Waals surface area contributed by atoms with Gasteiger partial charge in [0.1, 0.15) is 0 Å². The molecule has 1 aromatic rings. The standard InChI is InChI=1S/C12H18N2OS/c1-7(2)4-14-12(15)11-8(3)9-5-13-6-10(9)16-11/h7,13H,4-6H2,1-3H3,(H,14,15). The van der Waals surface area contributed by atoms with Gasteiger partial charge in [0.25, 0.3) is 5.91 Å². The second kappa shape index (κ2) is 4.55. The molecule has 88 valence electrons. The summed E-state index contributed by atoms with van der Waals surface area (Å²) in [5.41, 5.74) is 2.49. The fourth-order valence-electron chi connectivity index (χ4n) is 1.88. The molecule has 0 radical (unpaired) electrons. The summed E-state index contributed by atoms with van der Waals surface area (Å²) in [6.07, 6.45) is 0. The van der Waals surface area contributed by atoms with Gasteiger partial charge in [-0.1, -0.05) is 13.8 Å². The zero-order chi connectivity index (χ0) is 11.7. The molecule has 0 aliphatic carbocycles. The number of thiophene rings is 1. The van der Waals surface area contributed by atoms with Crippen LogP contribution in [0.2, 0.25) is 0 Å². The van der Waals surface area contributed by atoms with Crippen LogP contribution in [0, 0.1) is 12.8 Å². The topological polar surface area (TPSA) is 41.1 Å². The van der Waals surface area contributed by atoms with E-state index in [4.69, 9.17) is 0 Å². The minimum Gasteiger partial charge on any atom is -0.351 e. The number of rotatable bonds is 3. The Morgan fingerprint density at radius 1 is 1.50 bits per heavy atom. The highest BCUT2D eigenvalue weighted by atomic mass is 32.1. The van der Waals surface area contributed by atoms with Gasteiger partial charge in [-0.05, 0) is 24.0 Å². The van der Waals surface area contributed by atoms with E-state index in [2.05, 4.69) is 24.5 Å². The quantitative estimate of drug-likeness (QED) is 0.846. The Labute approximate surface area is 100 Å². The molecule has 2 rings (SSSR count). The average molecular weight is 238 g/mol. The van der Waals surface area contributed by atoms with Crippen LogP contribution >= 0.6 is 11.3 Å². The van der Waals surface area contributed by atoms with Crippen LogP contribution in [0.3, 0.4) is 0 Å². The minimum absolute atomic E-state index is 0.0885. The van der Waals surface area contributed by atoms with Crippen molar-refractivity contribution in [3.8, 4) is 0 Å². The van der Waals surface area contributed by atoms with Crippen molar-refractivity contribution in [2.24, 2.45) is 5.92 Å². The lowest BCUT2D eigenvalue weighted by molar-refractivity contribution is 0.0952. The first-order valence-electron chi connectivity index (χ1n) is 5.69. The Bertz CT molecular complexity index is 409. The van der Waals surface area contributed by atoms with E-state index in [1.54, 1.807) is 11.3 Å². The molecule has 3 nitrogen and oxygen atoms in total. The van der Waals surface area contributed by atoms with Crippen LogP contribution in [-0.2, 0) is 13.1 Å². The first-order chi connectivity index (χ1) is 7.59. The van der Waals surface area contributed by atoms with E-state index >= 15 is 0 Å². The number of carbonyl (C=O) groups is 1. The lowest BCUT2D eigenvalue weighted by Gasteiger charge is -2.07. The molecule has 2 N–H and O–H groups in total. The fraction of sp³-hybridized carbons (Fsp3) is 0.583. The molecule has 1 aliphatic heterocycles. The molecule has 0 aromatic carbocycles. The van der Waals surface area contributed by atoms with Gasteiger partial charge in [0, 0.05) is 24.5 Å². The van der Waals surface area contributed by atoms with Gasteiger partial charge in [-0.2, -0.15) is 0 Å². The number of carbonyl (C=O) groups excluding carboxylic acids is 1. The number of hydrogen-bond donors (Lipinski definition) is 2. The Hall–Kier alpha value is -0.870. The third kappa shape index (κ3) is 2.13. The van der Waals surface area contributed by atoms with Crippen LogP contribution in [-0.4, -0.2) is 12.5 Å². The smallest absolute Gasteiger partial charge is 0.261 e. The molecule has 0 spiro atoms. The maximum atomic E-state index is 12.0. The maximum absolute atomic E-state index is 12.0. The highest BCUT2D eigenvalue weighted by molar-refractivity contribution is 7.14. The molecule has 1 aromatic heterocycles. The van der Waals surface area contributed by atoms with Crippen LogP contribution in [0.15, 0.2) is 0 Å². The molecule has 1 amide bonds. The molecular formula is C12H18N2OS. The second-order valence-electron chi connectivity index (χ2n) is 4.67. The molecule has 0 saturated heterocycles. The van der Waals surface area contributed by atoms with Crippen molar-refractivity contribution in [2.45, 2.75) is 33.9 Å². The normalized spacial score (nSPS) is 14.2. The molecule has 2 heterocycles. The van der Waals surface area contributed by atoms with E-state index in [1.807, 2.05) is 6.92 Å². The molecular weight excluding hydrogens is 220 g/mol. The molecule has 0 saturated carbocycles. The largest absolute Gasteiger partial charge is 0.351 e. The zero-order valence-corrected chi connectivity index (χ0v) is 10.8. The van der Waals surface area contributed by atoms with Gasteiger partial charge >= 0.3 is 0 Å². The average Bonchev–Trinajstić information content (AvgIpc) is 2.78. The van der Waals surface area contributed by atoms with E-state index in [1.165, 1.54) is 10.4 Å². The zero-order valence-electron chi connectivity index (χ0n) is 10.0. The van der Waals surface area contributed by atoms with E-state index in [0.29, 0.717) is 5.92 Å². The van der Waals surface area contributed by atoms with Crippen molar-refractivity contribution in [3.05, 3.63) is 20.9 Å². The lowest BCUT2D eigenvalue weighted by Crippen LogP contribution is -2.27. The van der Waals surface area contributed by atoms with Crippen LogP contribution in [0.25, 0.3) is 0 Å². The summed E-state index contributed by atoms with van der Waals surface area (Å²) in [7, 11) is 0. The summed E-state index contributed by atoms with van der Waals surface area (Å²) in [6, 6.07) is 0. The van der Waals surface area contributed by atoms with Crippen molar-refractivity contribution < 1.29 is 4.79 Å². The highest BCUT2D eigenvalue weighted by Gasteiger charge is 2.22.